The Labute approximate surface area is 231 Å². The molecule has 0 radical (unpaired) electrons. The van der Waals surface area contributed by atoms with E-state index in [0.717, 1.165) is 10.9 Å². The molecule has 4 aromatic rings. The first-order valence-corrected chi connectivity index (χ1v) is 14.4. The SMILES string of the molecule is Cc1c(NC(=O)[C@@H](C)OC(=O)c2oc3ccccc3c2CSC2CCCCC2)c(=O)n(-c2ccccc2)n1C. The molecule has 1 atom stereocenters. The summed E-state index contributed by atoms with van der Waals surface area (Å²) < 4.78 is 14.6. The highest BCUT2D eigenvalue weighted by Crippen LogP contribution is 2.35. The zero-order valence-electron chi connectivity index (χ0n) is 22.4. The fourth-order valence-electron chi connectivity index (χ4n) is 5.04. The van der Waals surface area contributed by atoms with E-state index >= 15 is 0 Å². The maximum Gasteiger partial charge on any atom is 0.375 e. The topological polar surface area (TPSA) is 95.5 Å². The molecule has 1 amide bonds. The number of nitrogens with zero attached hydrogens (tertiary/aromatic N) is 2. The Morgan fingerprint density at radius 3 is 2.51 bits per heavy atom. The van der Waals surface area contributed by atoms with Gasteiger partial charge in [-0.3, -0.25) is 14.3 Å². The fraction of sp³-hybridized carbons (Fsp3) is 0.367. The molecule has 8 nitrogen and oxygen atoms in total. The summed E-state index contributed by atoms with van der Waals surface area (Å²) in [4.78, 5) is 39.5. The minimum absolute atomic E-state index is 0.126. The summed E-state index contributed by atoms with van der Waals surface area (Å²) in [6.45, 7) is 3.23. The van der Waals surface area contributed by atoms with E-state index in [9.17, 15) is 14.4 Å². The van der Waals surface area contributed by atoms with Crippen LogP contribution in [0.4, 0.5) is 5.69 Å². The number of carbonyl (C=O) groups excluding carboxylic acids is 2. The summed E-state index contributed by atoms with van der Waals surface area (Å²) in [6, 6.07) is 16.7. The number of thioether (sulfide) groups is 1. The number of hydrogen-bond acceptors (Lipinski definition) is 6. The number of fused-ring (bicyclic) bond motifs is 1. The van der Waals surface area contributed by atoms with Crippen LogP contribution >= 0.6 is 11.8 Å². The van der Waals surface area contributed by atoms with Gasteiger partial charge in [-0.15, -0.1) is 0 Å². The van der Waals surface area contributed by atoms with Crippen LogP contribution in [0.1, 0.15) is 60.8 Å². The van der Waals surface area contributed by atoms with Crippen molar-refractivity contribution < 1.29 is 18.7 Å². The molecule has 1 aliphatic rings. The van der Waals surface area contributed by atoms with Crippen LogP contribution in [-0.2, 0) is 22.3 Å². The molecular weight excluding hydrogens is 514 g/mol. The number of nitrogens with one attached hydrogen (secondary N) is 1. The van der Waals surface area contributed by atoms with Crippen LogP contribution in [0.25, 0.3) is 16.7 Å². The molecule has 0 unspecified atom stereocenters. The number of rotatable bonds is 8. The molecule has 2 heterocycles. The number of aromatic nitrogens is 2. The van der Waals surface area contributed by atoms with Crippen LogP contribution in [0.2, 0.25) is 0 Å². The molecule has 0 aliphatic heterocycles. The van der Waals surface area contributed by atoms with Crippen molar-refractivity contribution in [2.24, 2.45) is 7.05 Å². The standard InChI is InChI=1S/C30H33N3O5S/c1-19-26(29(35)33(32(19)3)21-12-6-4-7-13-21)31-28(34)20(2)37-30(36)27-24(18-39-22-14-8-5-9-15-22)23-16-10-11-17-25(23)38-27/h4,6-7,10-13,16-17,20,22H,5,8-9,14-15,18H2,1-3H3,(H,31,34)/t20-/m1/s1. The van der Waals surface area contributed by atoms with Crippen molar-refractivity contribution >= 4 is 40.3 Å². The van der Waals surface area contributed by atoms with E-state index in [0.29, 0.717) is 28.0 Å². The summed E-state index contributed by atoms with van der Waals surface area (Å²) in [5.74, 6) is -0.528. The minimum Gasteiger partial charge on any atom is -0.449 e. The number of ether oxygens (including phenoxy) is 1. The van der Waals surface area contributed by atoms with Gasteiger partial charge in [0.1, 0.15) is 11.3 Å². The van der Waals surface area contributed by atoms with Gasteiger partial charge in [0, 0.05) is 29.0 Å². The largest absolute Gasteiger partial charge is 0.449 e. The minimum atomic E-state index is -1.14. The molecule has 1 N–H and O–H groups in total. The molecule has 2 aromatic carbocycles. The van der Waals surface area contributed by atoms with Crippen LogP contribution in [-0.4, -0.2) is 32.6 Å². The summed E-state index contributed by atoms with van der Waals surface area (Å²) in [5.41, 5.74) is 2.44. The number of anilines is 1. The highest BCUT2D eigenvalue weighted by atomic mass is 32.2. The lowest BCUT2D eigenvalue weighted by Gasteiger charge is -2.20. The van der Waals surface area contributed by atoms with E-state index in [4.69, 9.17) is 9.15 Å². The van der Waals surface area contributed by atoms with E-state index in [1.807, 2.05) is 66.4 Å². The van der Waals surface area contributed by atoms with Gasteiger partial charge >= 0.3 is 5.97 Å². The maximum absolute atomic E-state index is 13.3. The summed E-state index contributed by atoms with van der Waals surface area (Å²) in [7, 11) is 1.75. The second kappa shape index (κ2) is 11.6. The van der Waals surface area contributed by atoms with Gasteiger partial charge in [0.15, 0.2) is 6.10 Å². The van der Waals surface area contributed by atoms with Gasteiger partial charge in [0.2, 0.25) is 5.76 Å². The summed E-state index contributed by atoms with van der Waals surface area (Å²) in [6.07, 6.45) is 4.98. The second-order valence-electron chi connectivity index (χ2n) is 9.95. The van der Waals surface area contributed by atoms with Crippen LogP contribution in [0, 0.1) is 6.92 Å². The van der Waals surface area contributed by atoms with Gasteiger partial charge in [-0.2, -0.15) is 11.8 Å². The first-order valence-electron chi connectivity index (χ1n) is 13.3. The molecule has 0 spiro atoms. The van der Waals surface area contributed by atoms with E-state index in [1.165, 1.54) is 43.7 Å². The Morgan fingerprint density at radius 2 is 1.77 bits per heavy atom. The number of amides is 1. The average molecular weight is 548 g/mol. The second-order valence-corrected chi connectivity index (χ2v) is 11.2. The summed E-state index contributed by atoms with van der Waals surface area (Å²) in [5, 5.41) is 4.12. The van der Waals surface area contributed by atoms with Crippen molar-refractivity contribution in [3.8, 4) is 5.69 Å². The first-order chi connectivity index (χ1) is 18.8. The van der Waals surface area contributed by atoms with E-state index in [2.05, 4.69) is 5.32 Å². The van der Waals surface area contributed by atoms with Crippen LogP contribution in [0.15, 0.2) is 63.8 Å². The monoisotopic (exact) mass is 547 g/mol. The third-order valence-electron chi connectivity index (χ3n) is 7.35. The number of furan rings is 1. The zero-order chi connectivity index (χ0) is 27.5. The lowest BCUT2D eigenvalue weighted by atomic mass is 10.0. The van der Waals surface area contributed by atoms with Crippen molar-refractivity contribution in [1.82, 2.24) is 9.36 Å². The fourth-order valence-corrected chi connectivity index (χ4v) is 6.40. The molecule has 5 rings (SSSR count). The average Bonchev–Trinajstić information content (AvgIpc) is 3.43. The van der Waals surface area contributed by atoms with Crippen molar-refractivity contribution in [1.29, 1.82) is 0 Å². The van der Waals surface area contributed by atoms with Crippen LogP contribution < -0.4 is 10.9 Å². The van der Waals surface area contributed by atoms with Gasteiger partial charge < -0.3 is 14.5 Å². The van der Waals surface area contributed by atoms with E-state index in [1.54, 1.807) is 18.7 Å². The zero-order valence-corrected chi connectivity index (χ0v) is 23.3. The normalized spacial score (nSPS) is 14.8. The number of carbonyl (C=O) groups is 2. The Hall–Kier alpha value is -3.72. The molecule has 9 heteroatoms. The lowest BCUT2D eigenvalue weighted by Crippen LogP contribution is -2.32. The highest BCUT2D eigenvalue weighted by Gasteiger charge is 2.28. The molecular formula is C30H33N3O5S. The molecule has 0 bridgehead atoms. The van der Waals surface area contributed by atoms with Crippen molar-refractivity contribution in [2.75, 3.05) is 5.32 Å². The van der Waals surface area contributed by atoms with Gasteiger partial charge in [-0.25, -0.2) is 9.48 Å². The number of para-hydroxylation sites is 2. The molecule has 2 aromatic heterocycles. The molecule has 1 saturated carbocycles. The Morgan fingerprint density at radius 1 is 1.08 bits per heavy atom. The molecule has 1 aliphatic carbocycles. The van der Waals surface area contributed by atoms with E-state index < -0.39 is 18.0 Å². The van der Waals surface area contributed by atoms with Crippen LogP contribution in [0.3, 0.4) is 0 Å². The molecule has 0 saturated heterocycles. The third-order valence-corrected chi connectivity index (χ3v) is 8.75. The first kappa shape index (κ1) is 26.9. The molecule has 39 heavy (non-hydrogen) atoms. The Balaban J connectivity index is 1.32. The number of hydrogen-bond donors (Lipinski definition) is 1. The van der Waals surface area contributed by atoms with Gasteiger partial charge in [0.05, 0.1) is 11.4 Å². The predicted octanol–water partition coefficient (Wildman–Crippen LogP) is 5.98. The Bertz CT molecular complexity index is 1550. The van der Waals surface area contributed by atoms with Gasteiger partial charge in [0.25, 0.3) is 11.5 Å². The van der Waals surface area contributed by atoms with Crippen molar-refractivity contribution in [2.45, 2.75) is 63.1 Å². The number of esters is 1. The summed E-state index contributed by atoms with van der Waals surface area (Å²) >= 11 is 1.85. The lowest BCUT2D eigenvalue weighted by molar-refractivity contribution is -0.123. The quantitative estimate of drug-likeness (QED) is 0.273. The predicted molar refractivity (Wildman–Crippen MR) is 154 cm³/mol. The van der Waals surface area contributed by atoms with Crippen LogP contribution in [0.5, 0.6) is 0 Å². The van der Waals surface area contributed by atoms with Crippen molar-refractivity contribution in [3.05, 3.63) is 82.0 Å². The highest BCUT2D eigenvalue weighted by molar-refractivity contribution is 7.99. The molecule has 1 fully saturated rings. The number of benzene rings is 2. The maximum atomic E-state index is 13.3. The van der Waals surface area contributed by atoms with Crippen molar-refractivity contribution in [3.63, 3.8) is 0 Å². The van der Waals surface area contributed by atoms with E-state index in [-0.39, 0.29) is 17.0 Å². The third kappa shape index (κ3) is 5.54. The smallest absolute Gasteiger partial charge is 0.375 e. The Kier molecular flexibility index (Phi) is 7.97. The molecule has 204 valence electrons. The van der Waals surface area contributed by atoms with Gasteiger partial charge in [-0.05, 0) is 44.9 Å². The van der Waals surface area contributed by atoms with Gasteiger partial charge in [-0.1, -0.05) is 55.7 Å².